The van der Waals surface area contributed by atoms with Gasteiger partial charge in [-0.05, 0) is 18.8 Å². The zero-order chi connectivity index (χ0) is 9.41. The van der Waals surface area contributed by atoms with Crippen molar-refractivity contribution in [1.82, 2.24) is 0 Å². The molecular formula is C10H20O2. The molecule has 0 bridgehead atoms. The average Bonchev–Trinajstić information content (AvgIpc) is 1.83. The summed E-state index contributed by atoms with van der Waals surface area (Å²) in [5, 5.41) is 9.83. The van der Waals surface area contributed by atoms with Crippen molar-refractivity contribution in [3.63, 3.8) is 0 Å². The zero-order valence-electron chi connectivity index (χ0n) is 8.55. The minimum Gasteiger partial charge on any atom is -0.390 e. The van der Waals surface area contributed by atoms with Crippen LogP contribution in [0.3, 0.4) is 0 Å². The quantitative estimate of drug-likeness (QED) is 0.605. The van der Waals surface area contributed by atoms with Crippen LogP contribution in [0.5, 0.6) is 0 Å². The molecule has 2 atom stereocenters. The molecule has 0 aromatic carbocycles. The molecule has 1 aliphatic rings. The molecule has 1 N–H and O–H groups in total. The van der Waals surface area contributed by atoms with Crippen LogP contribution in [0.4, 0.5) is 0 Å². The van der Waals surface area contributed by atoms with Gasteiger partial charge in [-0.3, -0.25) is 0 Å². The summed E-state index contributed by atoms with van der Waals surface area (Å²) >= 11 is 0. The second-order valence-corrected chi connectivity index (χ2v) is 5.18. The molecule has 0 spiro atoms. The van der Waals surface area contributed by atoms with E-state index in [1.807, 2.05) is 6.92 Å². The highest BCUT2D eigenvalue weighted by molar-refractivity contribution is 4.87. The van der Waals surface area contributed by atoms with Gasteiger partial charge in [0.15, 0.2) is 0 Å². The molecule has 0 saturated carbocycles. The zero-order valence-corrected chi connectivity index (χ0v) is 8.55. The summed E-state index contributed by atoms with van der Waals surface area (Å²) in [5.74, 6) is 0. The summed E-state index contributed by atoms with van der Waals surface area (Å²) in [7, 11) is 0. The maximum absolute atomic E-state index is 9.83. The van der Waals surface area contributed by atoms with Crippen molar-refractivity contribution >= 4 is 0 Å². The molecule has 12 heavy (non-hydrogen) atoms. The van der Waals surface area contributed by atoms with E-state index >= 15 is 0 Å². The van der Waals surface area contributed by atoms with E-state index < -0.39 is 5.60 Å². The molecule has 1 aliphatic heterocycles. The summed E-state index contributed by atoms with van der Waals surface area (Å²) < 4.78 is 5.62. The lowest BCUT2D eigenvalue weighted by Gasteiger charge is -2.40. The van der Waals surface area contributed by atoms with Crippen LogP contribution in [0.15, 0.2) is 0 Å². The summed E-state index contributed by atoms with van der Waals surface area (Å²) in [6.45, 7) is 9.04. The maximum Gasteiger partial charge on any atom is 0.0666 e. The highest BCUT2D eigenvalue weighted by Gasteiger charge is 2.36. The molecule has 72 valence electrons. The normalized spacial score (nSPS) is 38.2. The van der Waals surface area contributed by atoms with Gasteiger partial charge < -0.3 is 9.84 Å². The second kappa shape index (κ2) is 3.00. The number of ether oxygens (including phenoxy) is 1. The Hall–Kier alpha value is -0.0800. The van der Waals surface area contributed by atoms with Gasteiger partial charge in [-0.15, -0.1) is 0 Å². The Morgan fingerprint density at radius 1 is 1.42 bits per heavy atom. The van der Waals surface area contributed by atoms with Crippen LogP contribution in [-0.2, 0) is 4.74 Å². The lowest BCUT2D eigenvalue weighted by molar-refractivity contribution is -0.128. The first-order valence-corrected chi connectivity index (χ1v) is 4.65. The van der Waals surface area contributed by atoms with Crippen LogP contribution in [0.25, 0.3) is 0 Å². The fourth-order valence-corrected chi connectivity index (χ4v) is 1.54. The third-order valence-corrected chi connectivity index (χ3v) is 2.55. The highest BCUT2D eigenvalue weighted by atomic mass is 16.5. The molecule has 0 radical (unpaired) electrons. The molecule has 2 unspecified atom stereocenters. The molecule has 1 fully saturated rings. The van der Waals surface area contributed by atoms with E-state index in [4.69, 9.17) is 4.74 Å². The Bertz CT molecular complexity index is 152. The minimum atomic E-state index is -0.518. The van der Waals surface area contributed by atoms with Crippen LogP contribution < -0.4 is 0 Å². The van der Waals surface area contributed by atoms with Gasteiger partial charge in [0.25, 0.3) is 0 Å². The predicted molar refractivity (Wildman–Crippen MR) is 49.1 cm³/mol. The first kappa shape index (κ1) is 10.0. The molecule has 2 nitrogen and oxygen atoms in total. The number of hydrogen-bond acceptors (Lipinski definition) is 2. The fourth-order valence-electron chi connectivity index (χ4n) is 1.54. The van der Waals surface area contributed by atoms with Gasteiger partial charge in [-0.2, -0.15) is 0 Å². The van der Waals surface area contributed by atoms with E-state index in [1.54, 1.807) is 0 Å². The first-order chi connectivity index (χ1) is 5.31. The highest BCUT2D eigenvalue weighted by Crippen LogP contribution is 2.34. The standard InChI is InChI=1S/C10H20O2/c1-9(2,3)8-7-10(4,11)5-6-12-8/h8,11H,5-7H2,1-4H3. The van der Waals surface area contributed by atoms with Gasteiger partial charge in [-0.1, -0.05) is 20.8 Å². The number of hydrogen-bond donors (Lipinski definition) is 1. The summed E-state index contributed by atoms with van der Waals surface area (Å²) in [5.41, 5.74) is -0.374. The van der Waals surface area contributed by atoms with Crippen molar-refractivity contribution in [3.8, 4) is 0 Å². The molecule has 0 aromatic rings. The Balaban J connectivity index is 2.58. The molecule has 1 saturated heterocycles. The lowest BCUT2D eigenvalue weighted by atomic mass is 9.80. The Labute approximate surface area is 74.9 Å². The molecule has 0 aromatic heterocycles. The molecule has 2 heteroatoms. The van der Waals surface area contributed by atoms with Gasteiger partial charge in [-0.25, -0.2) is 0 Å². The molecule has 0 aliphatic carbocycles. The van der Waals surface area contributed by atoms with Crippen molar-refractivity contribution in [2.45, 2.75) is 52.2 Å². The van der Waals surface area contributed by atoms with Crippen LogP contribution in [0.1, 0.15) is 40.5 Å². The van der Waals surface area contributed by atoms with Crippen molar-refractivity contribution in [1.29, 1.82) is 0 Å². The second-order valence-electron chi connectivity index (χ2n) is 5.18. The molecule has 1 rings (SSSR count). The van der Waals surface area contributed by atoms with Crippen LogP contribution in [0, 0.1) is 5.41 Å². The lowest BCUT2D eigenvalue weighted by Crippen LogP contribution is -2.43. The number of rotatable bonds is 0. The monoisotopic (exact) mass is 172 g/mol. The van der Waals surface area contributed by atoms with Gasteiger partial charge in [0.2, 0.25) is 0 Å². The van der Waals surface area contributed by atoms with Gasteiger partial charge >= 0.3 is 0 Å². The van der Waals surface area contributed by atoms with Crippen molar-refractivity contribution in [2.75, 3.05) is 6.61 Å². The predicted octanol–water partition coefficient (Wildman–Crippen LogP) is 1.96. The van der Waals surface area contributed by atoms with Crippen molar-refractivity contribution in [3.05, 3.63) is 0 Å². The SMILES string of the molecule is CC1(O)CCOC(C(C)(C)C)C1. The molecular weight excluding hydrogens is 152 g/mol. The van der Waals surface area contributed by atoms with Crippen LogP contribution in [0.2, 0.25) is 0 Å². The van der Waals surface area contributed by atoms with E-state index in [1.165, 1.54) is 0 Å². The third kappa shape index (κ3) is 2.46. The van der Waals surface area contributed by atoms with E-state index in [0.29, 0.717) is 6.61 Å². The van der Waals surface area contributed by atoms with E-state index in [0.717, 1.165) is 12.8 Å². The molecule has 1 heterocycles. The summed E-state index contributed by atoms with van der Waals surface area (Å²) in [4.78, 5) is 0. The average molecular weight is 172 g/mol. The smallest absolute Gasteiger partial charge is 0.0666 e. The van der Waals surface area contributed by atoms with Crippen LogP contribution >= 0.6 is 0 Å². The third-order valence-electron chi connectivity index (χ3n) is 2.55. The minimum absolute atomic E-state index is 0.143. The number of aliphatic hydroxyl groups is 1. The van der Waals surface area contributed by atoms with E-state index in [-0.39, 0.29) is 11.5 Å². The Kier molecular flexibility index (Phi) is 2.50. The largest absolute Gasteiger partial charge is 0.390 e. The van der Waals surface area contributed by atoms with Crippen molar-refractivity contribution < 1.29 is 9.84 Å². The topological polar surface area (TPSA) is 29.5 Å². The fraction of sp³-hybridized carbons (Fsp3) is 1.00. The van der Waals surface area contributed by atoms with E-state index in [2.05, 4.69) is 20.8 Å². The van der Waals surface area contributed by atoms with Gasteiger partial charge in [0, 0.05) is 13.0 Å². The van der Waals surface area contributed by atoms with Crippen molar-refractivity contribution in [2.24, 2.45) is 5.41 Å². The van der Waals surface area contributed by atoms with E-state index in [9.17, 15) is 5.11 Å². The molecule has 0 amide bonds. The van der Waals surface area contributed by atoms with Gasteiger partial charge in [0.05, 0.1) is 11.7 Å². The Morgan fingerprint density at radius 2 is 2.00 bits per heavy atom. The summed E-state index contributed by atoms with van der Waals surface area (Å²) in [6.07, 6.45) is 1.72. The summed E-state index contributed by atoms with van der Waals surface area (Å²) in [6, 6.07) is 0. The first-order valence-electron chi connectivity index (χ1n) is 4.65. The van der Waals surface area contributed by atoms with Crippen LogP contribution in [-0.4, -0.2) is 23.4 Å². The maximum atomic E-state index is 9.83. The van der Waals surface area contributed by atoms with Gasteiger partial charge in [0.1, 0.15) is 0 Å². The Morgan fingerprint density at radius 3 is 2.33 bits per heavy atom.